The number of amidine groups is 2. The van der Waals surface area contributed by atoms with Crippen molar-refractivity contribution in [2.45, 2.75) is 76.6 Å². The number of halogens is 6. The molecule has 0 saturated heterocycles. The lowest BCUT2D eigenvalue weighted by Gasteiger charge is -2.36. The molecule has 2 aliphatic carbocycles. The highest BCUT2D eigenvalue weighted by atomic mass is 19.4. The molecule has 0 unspecified atom stereocenters. The van der Waals surface area contributed by atoms with Gasteiger partial charge in [0.1, 0.15) is 0 Å². The van der Waals surface area contributed by atoms with E-state index in [-0.39, 0.29) is 47.8 Å². The minimum atomic E-state index is -4.63. The van der Waals surface area contributed by atoms with Crippen molar-refractivity contribution >= 4 is 23.9 Å². The van der Waals surface area contributed by atoms with Crippen LogP contribution >= 0.6 is 0 Å². The van der Waals surface area contributed by atoms with Gasteiger partial charge in [0.15, 0.2) is 11.7 Å². The molecule has 2 aromatic carbocycles. The van der Waals surface area contributed by atoms with E-state index in [1.54, 1.807) is 0 Å². The van der Waals surface area contributed by atoms with Gasteiger partial charge in [-0.25, -0.2) is 9.59 Å². The molecule has 1 heterocycles. The molecule has 0 atom stereocenters. The molecule has 5 rings (SSSR count). The Labute approximate surface area is 262 Å². The van der Waals surface area contributed by atoms with E-state index in [0.717, 1.165) is 123 Å². The average Bonchev–Trinajstić information content (AvgIpc) is 3.05. The maximum absolute atomic E-state index is 13.8. The summed E-state index contributed by atoms with van der Waals surface area (Å²) in [6.07, 6.45) is -2.08. The van der Waals surface area contributed by atoms with E-state index >= 15 is 0 Å². The number of hydrazine groups is 1. The Bertz CT molecular complexity index is 1320. The number of nitrogens with zero attached hydrogens (tertiary/aromatic N) is 4. The van der Waals surface area contributed by atoms with Crippen molar-refractivity contribution in [3.05, 3.63) is 70.8 Å². The zero-order valence-electron chi connectivity index (χ0n) is 24.9. The molecule has 2 aromatic rings. The third kappa shape index (κ3) is 8.00. The van der Waals surface area contributed by atoms with Gasteiger partial charge in [-0.05, 0) is 61.8 Å². The van der Waals surface area contributed by atoms with Gasteiger partial charge in [0.2, 0.25) is 0 Å². The van der Waals surface area contributed by atoms with Crippen LogP contribution < -0.4 is 0 Å². The number of alkyl halides is 6. The van der Waals surface area contributed by atoms with E-state index in [9.17, 15) is 35.9 Å². The van der Waals surface area contributed by atoms with Crippen LogP contribution in [0.5, 0.6) is 0 Å². The molecule has 3 aliphatic rings. The van der Waals surface area contributed by atoms with Crippen molar-refractivity contribution in [2.24, 2.45) is 22.0 Å². The molecule has 1 aliphatic heterocycles. The number of hydrogen-bond acceptors (Lipinski definition) is 6. The number of carbonyl (C=O) groups is 2. The molecule has 0 radical (unpaired) electrons. The SMILES string of the molecule is O=C(OCC1CCCCC1)N1C(c2ccc(C(F)(F)F)cc2)=NN=C(c2ccc(C(F)(F)F)cc2)N1C(=O)OCC1CCCCC1. The Balaban J connectivity index is 1.53. The van der Waals surface area contributed by atoms with E-state index in [1.807, 2.05) is 0 Å². The molecule has 14 heteroatoms. The fourth-order valence-electron chi connectivity index (χ4n) is 5.89. The largest absolute Gasteiger partial charge is 0.448 e. The average molecular weight is 653 g/mol. The fourth-order valence-corrected chi connectivity index (χ4v) is 5.89. The molecule has 8 nitrogen and oxygen atoms in total. The summed E-state index contributed by atoms with van der Waals surface area (Å²) in [5.74, 6) is -0.507. The van der Waals surface area contributed by atoms with Crippen LogP contribution in [0.2, 0.25) is 0 Å². The van der Waals surface area contributed by atoms with Crippen LogP contribution in [-0.4, -0.2) is 47.1 Å². The fraction of sp³-hybridized carbons (Fsp3) is 0.500. The van der Waals surface area contributed by atoms with Gasteiger partial charge in [-0.3, -0.25) is 0 Å². The van der Waals surface area contributed by atoms with Crippen LogP contribution in [0, 0.1) is 11.8 Å². The van der Waals surface area contributed by atoms with Gasteiger partial charge in [-0.2, -0.15) is 36.4 Å². The second-order valence-electron chi connectivity index (χ2n) is 11.8. The zero-order valence-corrected chi connectivity index (χ0v) is 24.9. The van der Waals surface area contributed by atoms with Gasteiger partial charge in [0.25, 0.3) is 0 Å². The van der Waals surface area contributed by atoms with E-state index in [1.165, 1.54) is 0 Å². The maximum Gasteiger partial charge on any atom is 0.435 e. The molecular formula is C32H34F6N4O4. The van der Waals surface area contributed by atoms with Gasteiger partial charge < -0.3 is 9.47 Å². The highest BCUT2D eigenvalue weighted by Gasteiger charge is 2.42. The third-order valence-electron chi connectivity index (χ3n) is 8.46. The first-order valence-corrected chi connectivity index (χ1v) is 15.4. The molecular weight excluding hydrogens is 618 g/mol. The molecule has 0 N–H and O–H groups in total. The van der Waals surface area contributed by atoms with Crippen LogP contribution in [0.3, 0.4) is 0 Å². The van der Waals surface area contributed by atoms with E-state index < -0.39 is 35.7 Å². The van der Waals surface area contributed by atoms with Gasteiger partial charge in [0, 0.05) is 11.1 Å². The standard InChI is InChI=1S/C32H34F6N4O4/c33-31(34,35)25-15-11-23(12-16-25)27-39-40-28(24-13-17-26(18-14-24)32(36,37)38)42(30(44)46-20-22-9-5-2-6-10-22)41(27)29(43)45-19-21-7-3-1-4-8-21/h11-18,21-22H,1-10,19-20H2. The quantitative estimate of drug-likeness (QED) is 0.292. The van der Waals surface area contributed by atoms with Crippen LogP contribution in [0.4, 0.5) is 35.9 Å². The van der Waals surface area contributed by atoms with Gasteiger partial charge in [-0.1, -0.05) is 62.8 Å². The Hall–Kier alpha value is -4.10. The first kappa shape index (κ1) is 33.3. The summed E-state index contributed by atoms with van der Waals surface area (Å²) in [5, 5.41) is 9.62. The second-order valence-corrected chi connectivity index (χ2v) is 11.8. The van der Waals surface area contributed by atoms with Gasteiger partial charge in [0.05, 0.1) is 24.3 Å². The Morgan fingerprint density at radius 3 is 1.22 bits per heavy atom. The van der Waals surface area contributed by atoms with E-state index in [0.29, 0.717) is 0 Å². The predicted molar refractivity (Wildman–Crippen MR) is 155 cm³/mol. The van der Waals surface area contributed by atoms with Crippen molar-refractivity contribution in [3.8, 4) is 0 Å². The van der Waals surface area contributed by atoms with Crippen molar-refractivity contribution in [1.82, 2.24) is 10.0 Å². The summed E-state index contributed by atoms with van der Waals surface area (Å²) < 4.78 is 91.2. The van der Waals surface area contributed by atoms with Gasteiger partial charge >= 0.3 is 24.5 Å². The third-order valence-corrected chi connectivity index (χ3v) is 8.46. The molecule has 2 saturated carbocycles. The van der Waals surface area contributed by atoms with Crippen LogP contribution in [0.1, 0.15) is 86.5 Å². The maximum atomic E-state index is 13.8. The Morgan fingerprint density at radius 2 is 0.913 bits per heavy atom. The number of ether oxygens (including phenoxy) is 2. The summed E-state index contributed by atoms with van der Waals surface area (Å²) >= 11 is 0. The molecule has 0 bridgehead atoms. The summed E-state index contributed by atoms with van der Waals surface area (Å²) in [5.41, 5.74) is -1.89. The Morgan fingerprint density at radius 1 is 0.587 bits per heavy atom. The highest BCUT2D eigenvalue weighted by molar-refractivity contribution is 6.15. The van der Waals surface area contributed by atoms with Crippen LogP contribution in [-0.2, 0) is 21.8 Å². The number of benzene rings is 2. The number of hydrogen-bond donors (Lipinski definition) is 0. The summed E-state index contributed by atoms with van der Waals surface area (Å²) in [6.45, 7) is 0.0423. The first-order valence-electron chi connectivity index (χ1n) is 15.4. The topological polar surface area (TPSA) is 83.8 Å². The lowest BCUT2D eigenvalue weighted by atomic mass is 9.90. The van der Waals surface area contributed by atoms with Crippen molar-refractivity contribution in [2.75, 3.05) is 13.2 Å². The number of rotatable bonds is 6. The number of carbonyl (C=O) groups excluding carboxylic acids is 2. The highest BCUT2D eigenvalue weighted by Crippen LogP contribution is 2.32. The summed E-state index contributed by atoms with van der Waals surface area (Å²) in [7, 11) is 0. The summed E-state index contributed by atoms with van der Waals surface area (Å²) in [6, 6.07) is 7.49. The minimum Gasteiger partial charge on any atom is -0.448 e. The smallest absolute Gasteiger partial charge is 0.435 e. The van der Waals surface area contributed by atoms with Crippen molar-refractivity contribution in [3.63, 3.8) is 0 Å². The molecule has 0 aromatic heterocycles. The van der Waals surface area contributed by atoms with Gasteiger partial charge in [-0.15, -0.1) is 10.2 Å². The van der Waals surface area contributed by atoms with Crippen LogP contribution in [0.25, 0.3) is 0 Å². The van der Waals surface area contributed by atoms with E-state index in [2.05, 4.69) is 10.2 Å². The predicted octanol–water partition coefficient (Wildman–Crippen LogP) is 8.80. The molecule has 248 valence electrons. The number of amides is 2. The monoisotopic (exact) mass is 652 g/mol. The molecule has 2 amide bonds. The van der Waals surface area contributed by atoms with E-state index in [4.69, 9.17) is 9.47 Å². The second kappa shape index (κ2) is 14.1. The molecule has 2 fully saturated rings. The van der Waals surface area contributed by atoms with Crippen LogP contribution in [0.15, 0.2) is 58.7 Å². The molecule has 46 heavy (non-hydrogen) atoms. The summed E-state index contributed by atoms with van der Waals surface area (Å²) in [4.78, 5) is 27.6. The zero-order chi connectivity index (χ0) is 32.9. The van der Waals surface area contributed by atoms with Crippen molar-refractivity contribution in [1.29, 1.82) is 0 Å². The first-order chi connectivity index (χ1) is 21.9. The minimum absolute atomic E-state index is 0.00270. The Kier molecular flexibility index (Phi) is 10.2. The lowest BCUT2D eigenvalue weighted by molar-refractivity contribution is -0.138. The normalized spacial score (nSPS) is 18.6. The molecule has 0 spiro atoms. The van der Waals surface area contributed by atoms with Crippen molar-refractivity contribution < 1.29 is 45.4 Å². The lowest BCUT2D eigenvalue weighted by Crippen LogP contribution is -2.58.